The Kier molecular flexibility index (Phi) is 4.21. The first kappa shape index (κ1) is 15.1. The van der Waals surface area contributed by atoms with E-state index in [2.05, 4.69) is 58.2 Å². The summed E-state index contributed by atoms with van der Waals surface area (Å²) in [6.07, 6.45) is 0.957. The van der Waals surface area contributed by atoms with E-state index in [0.29, 0.717) is 5.92 Å². The first-order valence-corrected chi connectivity index (χ1v) is 7.27. The van der Waals surface area contributed by atoms with Crippen LogP contribution in [0, 0.1) is 18.3 Å². The highest BCUT2D eigenvalue weighted by molar-refractivity contribution is 5.78. The highest BCUT2D eigenvalue weighted by Gasteiger charge is 2.25. The fraction of sp³-hybridized carbons (Fsp3) is 0.529. The quantitative estimate of drug-likeness (QED) is 0.645. The summed E-state index contributed by atoms with van der Waals surface area (Å²) in [5.41, 5.74) is 5.33. The molecule has 0 aliphatic rings. The highest BCUT2D eigenvalue weighted by atomic mass is 16.3. The van der Waals surface area contributed by atoms with Gasteiger partial charge in [-0.3, -0.25) is 5.84 Å². The van der Waals surface area contributed by atoms with Gasteiger partial charge < -0.3 is 4.42 Å². The zero-order valence-electron chi connectivity index (χ0n) is 13.2. The summed E-state index contributed by atoms with van der Waals surface area (Å²) >= 11 is 0. The van der Waals surface area contributed by atoms with Crippen LogP contribution in [0.5, 0.6) is 0 Å². The number of hydrazine groups is 1. The molecule has 0 aliphatic heterocycles. The summed E-state index contributed by atoms with van der Waals surface area (Å²) in [5.74, 6) is 7.20. The van der Waals surface area contributed by atoms with Gasteiger partial charge in [0.25, 0.3) is 0 Å². The van der Waals surface area contributed by atoms with Crippen molar-refractivity contribution in [2.24, 2.45) is 17.2 Å². The number of benzene rings is 1. The second-order valence-corrected chi connectivity index (χ2v) is 6.91. The molecule has 1 aromatic heterocycles. The largest absolute Gasteiger partial charge is 0.459 e. The van der Waals surface area contributed by atoms with E-state index in [9.17, 15) is 0 Å². The normalized spacial score (nSPS) is 15.5. The number of furan rings is 1. The molecule has 3 nitrogen and oxygen atoms in total. The molecule has 2 unspecified atom stereocenters. The molecular weight excluding hydrogens is 248 g/mol. The Hall–Kier alpha value is -1.32. The summed E-state index contributed by atoms with van der Waals surface area (Å²) < 4.78 is 5.95. The molecule has 3 heteroatoms. The van der Waals surface area contributed by atoms with E-state index < -0.39 is 0 Å². The summed E-state index contributed by atoms with van der Waals surface area (Å²) in [6, 6.07) is 8.38. The van der Waals surface area contributed by atoms with Crippen molar-refractivity contribution in [3.05, 3.63) is 35.6 Å². The molecule has 0 bridgehead atoms. The van der Waals surface area contributed by atoms with Crippen LogP contribution in [0.3, 0.4) is 0 Å². The molecule has 0 amide bonds. The van der Waals surface area contributed by atoms with Gasteiger partial charge in [-0.1, -0.05) is 39.3 Å². The van der Waals surface area contributed by atoms with Crippen LogP contribution in [0.15, 0.2) is 28.7 Å². The third-order valence-electron chi connectivity index (χ3n) is 4.30. The smallest absolute Gasteiger partial charge is 0.134 e. The predicted molar refractivity (Wildman–Crippen MR) is 84.3 cm³/mol. The van der Waals surface area contributed by atoms with Crippen molar-refractivity contribution < 1.29 is 4.42 Å². The molecule has 3 N–H and O–H groups in total. The van der Waals surface area contributed by atoms with Crippen LogP contribution in [0.1, 0.15) is 51.5 Å². The van der Waals surface area contributed by atoms with Gasteiger partial charge in [-0.15, -0.1) is 0 Å². The number of hydrogen-bond acceptors (Lipinski definition) is 3. The van der Waals surface area contributed by atoms with Crippen LogP contribution in [0.4, 0.5) is 0 Å². The van der Waals surface area contributed by atoms with Crippen molar-refractivity contribution in [3.8, 4) is 0 Å². The molecule has 2 aromatic rings. The Morgan fingerprint density at radius 3 is 2.55 bits per heavy atom. The van der Waals surface area contributed by atoms with Gasteiger partial charge in [-0.05, 0) is 42.9 Å². The summed E-state index contributed by atoms with van der Waals surface area (Å²) in [7, 11) is 0. The van der Waals surface area contributed by atoms with Crippen molar-refractivity contribution in [2.45, 2.75) is 47.1 Å². The van der Waals surface area contributed by atoms with Crippen molar-refractivity contribution in [3.63, 3.8) is 0 Å². The lowest BCUT2D eigenvalue weighted by atomic mass is 9.78. The van der Waals surface area contributed by atoms with Gasteiger partial charge in [-0.2, -0.15) is 0 Å². The van der Waals surface area contributed by atoms with Crippen LogP contribution in [0.25, 0.3) is 11.0 Å². The van der Waals surface area contributed by atoms with Gasteiger partial charge in [0, 0.05) is 5.39 Å². The lowest BCUT2D eigenvalue weighted by Gasteiger charge is -2.29. The monoisotopic (exact) mass is 274 g/mol. The minimum atomic E-state index is 0.0527. The third kappa shape index (κ3) is 3.22. The average Bonchev–Trinajstić information content (AvgIpc) is 2.76. The van der Waals surface area contributed by atoms with Crippen LogP contribution < -0.4 is 11.3 Å². The summed E-state index contributed by atoms with van der Waals surface area (Å²) in [5, 5.41) is 1.14. The Morgan fingerprint density at radius 2 is 1.95 bits per heavy atom. The van der Waals surface area contributed by atoms with Gasteiger partial charge in [0.05, 0.1) is 6.04 Å². The fourth-order valence-electron chi connectivity index (χ4n) is 2.33. The van der Waals surface area contributed by atoms with E-state index >= 15 is 0 Å². The van der Waals surface area contributed by atoms with Crippen molar-refractivity contribution >= 4 is 11.0 Å². The number of nitrogens with one attached hydrogen (secondary N) is 1. The minimum Gasteiger partial charge on any atom is -0.459 e. The van der Waals surface area contributed by atoms with Crippen LogP contribution in [-0.4, -0.2) is 0 Å². The Balaban J connectivity index is 2.25. The van der Waals surface area contributed by atoms with Gasteiger partial charge >= 0.3 is 0 Å². The first-order valence-electron chi connectivity index (χ1n) is 7.27. The molecule has 0 fully saturated rings. The number of aryl methyl sites for hydroxylation is 1. The molecule has 0 saturated carbocycles. The third-order valence-corrected chi connectivity index (χ3v) is 4.30. The Bertz CT molecular complexity index is 580. The molecule has 2 atom stereocenters. The van der Waals surface area contributed by atoms with Crippen molar-refractivity contribution in [1.29, 1.82) is 0 Å². The van der Waals surface area contributed by atoms with Crippen LogP contribution in [-0.2, 0) is 0 Å². The maximum atomic E-state index is 5.95. The zero-order valence-corrected chi connectivity index (χ0v) is 13.2. The van der Waals surface area contributed by atoms with Crippen LogP contribution >= 0.6 is 0 Å². The standard InChI is InChI=1S/C17H26N2O/c1-11-6-7-15-13(8-11)10-16(20-15)14(19-18)9-12(2)17(3,4)5/h6-8,10,12,14,19H,9,18H2,1-5H3. The molecule has 0 aliphatic carbocycles. The van der Waals surface area contributed by atoms with E-state index in [0.717, 1.165) is 23.2 Å². The molecule has 1 heterocycles. The number of nitrogens with two attached hydrogens (primary N) is 1. The maximum absolute atomic E-state index is 5.95. The molecule has 2 rings (SSSR count). The Morgan fingerprint density at radius 1 is 1.25 bits per heavy atom. The molecule has 20 heavy (non-hydrogen) atoms. The SMILES string of the molecule is Cc1ccc2oc(C(CC(C)C(C)(C)C)NN)cc2c1. The van der Waals surface area contributed by atoms with Crippen molar-refractivity contribution in [2.75, 3.05) is 0 Å². The van der Waals surface area contributed by atoms with E-state index in [1.807, 2.05) is 6.07 Å². The van der Waals surface area contributed by atoms with Gasteiger partial charge in [-0.25, -0.2) is 5.43 Å². The van der Waals surface area contributed by atoms with Gasteiger partial charge in [0.15, 0.2) is 0 Å². The summed E-state index contributed by atoms with van der Waals surface area (Å²) in [4.78, 5) is 0. The van der Waals surface area contributed by atoms with Gasteiger partial charge in [0.1, 0.15) is 11.3 Å². The van der Waals surface area contributed by atoms with Crippen LogP contribution in [0.2, 0.25) is 0 Å². The topological polar surface area (TPSA) is 51.2 Å². The van der Waals surface area contributed by atoms with E-state index in [4.69, 9.17) is 10.3 Å². The van der Waals surface area contributed by atoms with E-state index in [1.54, 1.807) is 0 Å². The van der Waals surface area contributed by atoms with Crippen molar-refractivity contribution in [1.82, 2.24) is 5.43 Å². The second kappa shape index (κ2) is 5.58. The lowest BCUT2D eigenvalue weighted by Crippen LogP contribution is -2.31. The minimum absolute atomic E-state index is 0.0527. The second-order valence-electron chi connectivity index (χ2n) is 6.91. The molecule has 0 saturated heterocycles. The number of hydrogen-bond donors (Lipinski definition) is 2. The Labute approximate surface area is 121 Å². The first-order chi connectivity index (χ1) is 9.31. The maximum Gasteiger partial charge on any atom is 0.134 e. The molecular formula is C17H26N2O. The van der Waals surface area contributed by atoms with Gasteiger partial charge in [0.2, 0.25) is 0 Å². The summed E-state index contributed by atoms with van der Waals surface area (Å²) in [6.45, 7) is 11.1. The van der Waals surface area contributed by atoms with E-state index in [1.165, 1.54) is 5.56 Å². The molecule has 0 radical (unpaired) electrons. The van der Waals surface area contributed by atoms with E-state index in [-0.39, 0.29) is 11.5 Å². The number of fused-ring (bicyclic) bond motifs is 1. The molecule has 110 valence electrons. The molecule has 0 spiro atoms. The molecule has 1 aromatic carbocycles. The predicted octanol–water partition coefficient (Wildman–Crippen LogP) is 4.32. The highest BCUT2D eigenvalue weighted by Crippen LogP contribution is 2.34. The number of rotatable bonds is 4. The fourth-order valence-corrected chi connectivity index (χ4v) is 2.33. The average molecular weight is 274 g/mol. The lowest BCUT2D eigenvalue weighted by molar-refractivity contribution is 0.215. The zero-order chi connectivity index (χ0) is 14.9.